The summed E-state index contributed by atoms with van der Waals surface area (Å²) in [5.41, 5.74) is 3.18. The quantitative estimate of drug-likeness (QED) is 0.785. The molecule has 1 N–H and O–H groups in total. The van der Waals surface area contributed by atoms with Gasteiger partial charge in [-0.15, -0.1) is 0 Å². The Kier molecular flexibility index (Phi) is 4.14. The van der Waals surface area contributed by atoms with Gasteiger partial charge in [-0.3, -0.25) is 4.98 Å². The molecule has 0 aliphatic rings. The smallest absolute Gasteiger partial charge is 0.228 e. The summed E-state index contributed by atoms with van der Waals surface area (Å²) in [5.74, 6) is 1.67. The van der Waals surface area contributed by atoms with Crippen LogP contribution in [-0.2, 0) is 6.54 Å². The van der Waals surface area contributed by atoms with Crippen molar-refractivity contribution in [3.8, 4) is 0 Å². The average Bonchev–Trinajstić information content (AvgIpc) is 2.92. The minimum Gasteiger partial charge on any atom is -0.352 e. The zero-order chi connectivity index (χ0) is 16.4. The van der Waals surface area contributed by atoms with Crippen molar-refractivity contribution in [1.82, 2.24) is 19.9 Å². The molecule has 0 unspecified atom stereocenters. The Morgan fingerprint density at radius 2 is 1.87 bits per heavy atom. The second kappa shape index (κ2) is 6.24. The average molecular weight is 310 g/mol. The highest BCUT2D eigenvalue weighted by Crippen LogP contribution is 2.27. The summed E-state index contributed by atoms with van der Waals surface area (Å²) in [4.78, 5) is 21.0. The van der Waals surface area contributed by atoms with E-state index >= 15 is 0 Å². The van der Waals surface area contributed by atoms with Crippen molar-refractivity contribution >= 4 is 22.8 Å². The molecule has 3 heterocycles. The Morgan fingerprint density at radius 1 is 1.13 bits per heavy atom. The Labute approximate surface area is 136 Å². The van der Waals surface area contributed by atoms with Gasteiger partial charge >= 0.3 is 0 Å². The van der Waals surface area contributed by atoms with Crippen molar-refractivity contribution in [2.24, 2.45) is 0 Å². The van der Waals surface area contributed by atoms with Crippen molar-refractivity contribution in [2.45, 2.75) is 20.4 Å². The molecule has 0 bridgehead atoms. The van der Waals surface area contributed by atoms with E-state index in [9.17, 15) is 0 Å². The number of hydrogen-bond donors (Lipinski definition) is 1. The van der Waals surface area contributed by atoms with Crippen molar-refractivity contribution in [3.05, 3.63) is 41.9 Å². The van der Waals surface area contributed by atoms with Crippen LogP contribution >= 0.6 is 0 Å². The van der Waals surface area contributed by atoms with Gasteiger partial charge in [0, 0.05) is 45.3 Å². The number of hydrogen-bond acceptors (Lipinski definition) is 5. The Hall–Kier alpha value is -2.63. The highest BCUT2D eigenvalue weighted by Gasteiger charge is 2.16. The summed E-state index contributed by atoms with van der Waals surface area (Å²) in [7, 11) is 3.92. The van der Waals surface area contributed by atoms with Gasteiger partial charge in [-0.1, -0.05) is 0 Å². The second-order valence-electron chi connectivity index (χ2n) is 5.83. The van der Waals surface area contributed by atoms with Gasteiger partial charge in [0.25, 0.3) is 0 Å². The second-order valence-corrected chi connectivity index (χ2v) is 5.83. The third-order valence-electron chi connectivity index (χ3n) is 3.79. The van der Waals surface area contributed by atoms with E-state index in [0.717, 1.165) is 35.6 Å². The van der Waals surface area contributed by atoms with E-state index in [1.807, 2.05) is 50.4 Å². The Morgan fingerprint density at radius 3 is 2.52 bits per heavy atom. The van der Waals surface area contributed by atoms with E-state index in [-0.39, 0.29) is 0 Å². The number of nitrogens with zero attached hydrogens (tertiary/aromatic N) is 5. The fourth-order valence-electron chi connectivity index (χ4n) is 2.60. The third-order valence-corrected chi connectivity index (χ3v) is 3.79. The molecule has 0 saturated carbocycles. The molecule has 0 aliphatic carbocycles. The van der Waals surface area contributed by atoms with Crippen molar-refractivity contribution in [2.75, 3.05) is 30.4 Å². The van der Waals surface area contributed by atoms with Gasteiger partial charge in [0.05, 0.1) is 5.39 Å². The SMILES string of the molecule is CCN(Cc1ccncc1)c1nc(N(C)C)nc2[nH]c(C)cc12. The number of nitrogens with one attached hydrogen (secondary N) is 1. The minimum absolute atomic E-state index is 0.711. The number of fused-ring (bicyclic) bond motifs is 1. The highest BCUT2D eigenvalue weighted by molar-refractivity contribution is 5.89. The molecule has 0 spiro atoms. The molecule has 0 amide bonds. The summed E-state index contributed by atoms with van der Waals surface area (Å²) in [6.07, 6.45) is 3.65. The number of aromatic nitrogens is 4. The van der Waals surface area contributed by atoms with Gasteiger partial charge in [-0.2, -0.15) is 9.97 Å². The molecule has 0 saturated heterocycles. The fourth-order valence-corrected chi connectivity index (χ4v) is 2.60. The number of rotatable bonds is 5. The molecule has 23 heavy (non-hydrogen) atoms. The summed E-state index contributed by atoms with van der Waals surface area (Å²) in [6.45, 7) is 5.84. The first-order valence-electron chi connectivity index (χ1n) is 7.77. The molecule has 3 aromatic rings. The number of H-pyrrole nitrogens is 1. The molecule has 0 aromatic carbocycles. The molecule has 0 fully saturated rings. The van der Waals surface area contributed by atoms with Crippen LogP contribution in [0.4, 0.5) is 11.8 Å². The van der Waals surface area contributed by atoms with Crippen molar-refractivity contribution in [3.63, 3.8) is 0 Å². The van der Waals surface area contributed by atoms with Gasteiger partial charge < -0.3 is 14.8 Å². The normalized spacial score (nSPS) is 11.0. The zero-order valence-corrected chi connectivity index (χ0v) is 14.0. The first-order chi connectivity index (χ1) is 11.1. The number of aryl methyl sites for hydroxylation is 1. The van der Waals surface area contributed by atoms with Crippen LogP contribution in [0.2, 0.25) is 0 Å². The van der Waals surface area contributed by atoms with Crippen LogP contribution in [0.5, 0.6) is 0 Å². The molecular weight excluding hydrogens is 288 g/mol. The van der Waals surface area contributed by atoms with Gasteiger partial charge in [-0.25, -0.2) is 0 Å². The summed E-state index contributed by atoms with van der Waals surface area (Å²) >= 11 is 0. The summed E-state index contributed by atoms with van der Waals surface area (Å²) in [5, 5.41) is 1.06. The lowest BCUT2D eigenvalue weighted by Gasteiger charge is -2.24. The molecule has 3 rings (SSSR count). The lowest BCUT2D eigenvalue weighted by atomic mass is 10.2. The standard InChI is InChI=1S/C17H22N6/c1-5-23(11-13-6-8-18-9-7-13)16-14-10-12(2)19-15(14)20-17(21-16)22(3)4/h6-10H,5,11H2,1-4H3,(H,19,20,21). The summed E-state index contributed by atoms with van der Waals surface area (Å²) in [6, 6.07) is 6.19. The van der Waals surface area contributed by atoms with Crippen molar-refractivity contribution < 1.29 is 0 Å². The van der Waals surface area contributed by atoms with Gasteiger partial charge in [0.1, 0.15) is 11.5 Å². The minimum atomic E-state index is 0.711. The number of anilines is 2. The lowest BCUT2D eigenvalue weighted by molar-refractivity contribution is 0.812. The molecule has 0 aliphatic heterocycles. The summed E-state index contributed by atoms with van der Waals surface area (Å²) < 4.78 is 0. The molecule has 0 atom stereocenters. The molecule has 6 heteroatoms. The van der Waals surface area contributed by atoms with Gasteiger partial charge in [-0.05, 0) is 37.6 Å². The van der Waals surface area contributed by atoms with Crippen LogP contribution in [0.25, 0.3) is 11.0 Å². The Balaban J connectivity index is 2.08. The van der Waals surface area contributed by atoms with E-state index in [2.05, 4.69) is 32.8 Å². The third kappa shape index (κ3) is 3.11. The maximum Gasteiger partial charge on any atom is 0.228 e. The number of aromatic amines is 1. The molecular formula is C17H22N6. The predicted molar refractivity (Wildman–Crippen MR) is 93.9 cm³/mol. The number of pyridine rings is 1. The van der Waals surface area contributed by atoms with Crippen LogP contribution in [0.1, 0.15) is 18.2 Å². The first-order valence-corrected chi connectivity index (χ1v) is 7.77. The maximum absolute atomic E-state index is 4.79. The van der Waals surface area contributed by atoms with Crippen LogP contribution in [-0.4, -0.2) is 40.6 Å². The van der Waals surface area contributed by atoms with E-state index in [0.29, 0.717) is 5.95 Å². The molecule has 6 nitrogen and oxygen atoms in total. The first kappa shape index (κ1) is 15.3. The maximum atomic E-state index is 4.79. The molecule has 120 valence electrons. The van der Waals surface area contributed by atoms with Gasteiger partial charge in [0.15, 0.2) is 0 Å². The molecule has 3 aromatic heterocycles. The van der Waals surface area contributed by atoms with Crippen LogP contribution < -0.4 is 9.80 Å². The van der Waals surface area contributed by atoms with Crippen molar-refractivity contribution in [1.29, 1.82) is 0 Å². The van der Waals surface area contributed by atoms with E-state index < -0.39 is 0 Å². The monoisotopic (exact) mass is 310 g/mol. The topological polar surface area (TPSA) is 60.9 Å². The van der Waals surface area contributed by atoms with Crippen LogP contribution in [0, 0.1) is 6.92 Å². The fraction of sp³-hybridized carbons (Fsp3) is 0.353. The molecule has 0 radical (unpaired) electrons. The highest BCUT2D eigenvalue weighted by atomic mass is 15.3. The largest absolute Gasteiger partial charge is 0.352 e. The zero-order valence-electron chi connectivity index (χ0n) is 14.0. The van der Waals surface area contributed by atoms with Crippen LogP contribution in [0.3, 0.4) is 0 Å². The Bertz CT molecular complexity index is 793. The van der Waals surface area contributed by atoms with E-state index in [1.165, 1.54) is 5.56 Å². The van der Waals surface area contributed by atoms with Gasteiger partial charge in [0.2, 0.25) is 5.95 Å². The van der Waals surface area contributed by atoms with Crippen LogP contribution in [0.15, 0.2) is 30.6 Å². The van der Waals surface area contributed by atoms with E-state index in [4.69, 9.17) is 4.98 Å². The lowest BCUT2D eigenvalue weighted by Crippen LogP contribution is -2.24. The predicted octanol–water partition coefficient (Wildman–Crippen LogP) is 2.75. The van der Waals surface area contributed by atoms with E-state index in [1.54, 1.807) is 0 Å².